The maximum Gasteiger partial charge on any atom is 0.251 e. The van der Waals surface area contributed by atoms with E-state index in [4.69, 9.17) is 9.47 Å². The van der Waals surface area contributed by atoms with Crippen LogP contribution in [0.25, 0.3) is 22.0 Å². The number of amides is 1. The van der Waals surface area contributed by atoms with Gasteiger partial charge < -0.3 is 20.1 Å². The number of hydrogen-bond acceptors (Lipinski definition) is 8. The summed E-state index contributed by atoms with van der Waals surface area (Å²) in [7, 11) is -2.25. The number of benzene rings is 4. The Morgan fingerprint density at radius 3 is 2.26 bits per heavy atom. The molecule has 5 rings (SSSR count). The van der Waals surface area contributed by atoms with Crippen LogP contribution in [0.2, 0.25) is 0 Å². The van der Waals surface area contributed by atoms with Crippen LogP contribution in [0.5, 0.6) is 11.5 Å². The Bertz CT molecular complexity index is 1960. The molecule has 0 aliphatic rings. The number of carbonyl (C=O) groups excluding carboxylic acids is 1. The number of aromatic nitrogens is 2. The van der Waals surface area contributed by atoms with Gasteiger partial charge in [-0.1, -0.05) is 42.5 Å². The van der Waals surface area contributed by atoms with Gasteiger partial charge in [-0.3, -0.25) is 4.79 Å². The van der Waals surface area contributed by atoms with Crippen LogP contribution in [-0.4, -0.2) is 51.3 Å². The summed E-state index contributed by atoms with van der Waals surface area (Å²) >= 11 is 0. The third-order valence-corrected chi connectivity index (χ3v) is 8.99. The van der Waals surface area contributed by atoms with Gasteiger partial charge in [-0.15, -0.1) is 10.2 Å². The van der Waals surface area contributed by atoms with E-state index in [1.165, 1.54) is 0 Å². The SMILES string of the molecule is CCOc1ccc(CCNS(=O)(=O)c2cc(-c3nnc(Nc4ccc(C(=O)NC)cc4)c4ccccc34)ccc2C)cc1OCC. The number of hydrogen-bond donors (Lipinski definition) is 3. The lowest BCUT2D eigenvalue weighted by atomic mass is 10.0. The summed E-state index contributed by atoms with van der Waals surface area (Å²) in [5, 5.41) is 16.5. The molecule has 0 unspecified atom stereocenters. The normalized spacial score (nSPS) is 11.3. The van der Waals surface area contributed by atoms with E-state index in [9.17, 15) is 13.2 Å². The standard InChI is InChI=1S/C35H37N5O5S/c1-5-44-30-18-12-24(21-31(30)45-6-2)19-20-37-46(42,43)32-22-26(13-11-23(32)3)33-28-9-7-8-10-29(28)34(40-39-33)38-27-16-14-25(15-17-27)35(41)36-4/h7-18,21-22,37H,5-6,19-20H2,1-4H3,(H,36,41)(H,38,40). The van der Waals surface area contributed by atoms with Crippen LogP contribution >= 0.6 is 0 Å². The third-order valence-electron chi connectivity index (χ3n) is 7.39. The van der Waals surface area contributed by atoms with E-state index in [-0.39, 0.29) is 17.3 Å². The van der Waals surface area contributed by atoms with Crippen LogP contribution in [0.1, 0.15) is 35.3 Å². The average molecular weight is 640 g/mol. The molecule has 4 aromatic carbocycles. The number of anilines is 2. The molecule has 0 fully saturated rings. The summed E-state index contributed by atoms with van der Waals surface area (Å²) in [6.07, 6.45) is 0.476. The first-order valence-corrected chi connectivity index (χ1v) is 16.6. The zero-order valence-electron chi connectivity index (χ0n) is 26.3. The van der Waals surface area contributed by atoms with Gasteiger partial charge in [0.1, 0.15) is 5.69 Å². The zero-order valence-corrected chi connectivity index (χ0v) is 27.1. The minimum absolute atomic E-state index is 0.167. The van der Waals surface area contributed by atoms with Gasteiger partial charge in [-0.2, -0.15) is 0 Å². The highest BCUT2D eigenvalue weighted by molar-refractivity contribution is 7.89. The Morgan fingerprint density at radius 2 is 1.54 bits per heavy atom. The van der Waals surface area contributed by atoms with Gasteiger partial charge in [0, 0.05) is 41.2 Å². The Balaban J connectivity index is 1.37. The van der Waals surface area contributed by atoms with Gasteiger partial charge in [0.25, 0.3) is 5.91 Å². The summed E-state index contributed by atoms with van der Waals surface area (Å²) in [6, 6.07) is 25.6. The molecule has 1 heterocycles. The van der Waals surface area contributed by atoms with Crippen molar-refractivity contribution in [1.82, 2.24) is 20.2 Å². The van der Waals surface area contributed by atoms with E-state index in [2.05, 4.69) is 25.6 Å². The number of ether oxygens (including phenoxy) is 2. The molecule has 1 aromatic heterocycles. The van der Waals surface area contributed by atoms with Crippen molar-refractivity contribution in [3.63, 3.8) is 0 Å². The predicted molar refractivity (Wildman–Crippen MR) is 180 cm³/mol. The van der Waals surface area contributed by atoms with Crippen molar-refractivity contribution < 1.29 is 22.7 Å². The number of fused-ring (bicyclic) bond motifs is 1. The molecule has 0 bridgehead atoms. The number of rotatable bonds is 13. The smallest absolute Gasteiger partial charge is 0.251 e. The van der Waals surface area contributed by atoms with Gasteiger partial charge in [0.15, 0.2) is 17.3 Å². The molecule has 5 aromatic rings. The second-order valence-electron chi connectivity index (χ2n) is 10.5. The van der Waals surface area contributed by atoms with Gasteiger partial charge in [0.2, 0.25) is 10.0 Å². The molecular formula is C35H37N5O5S. The monoisotopic (exact) mass is 639 g/mol. The predicted octanol–water partition coefficient (Wildman–Crippen LogP) is 6.03. The number of nitrogens with one attached hydrogen (secondary N) is 3. The second-order valence-corrected chi connectivity index (χ2v) is 12.2. The summed E-state index contributed by atoms with van der Waals surface area (Å²) < 4.78 is 41.1. The highest BCUT2D eigenvalue weighted by Gasteiger charge is 2.20. The van der Waals surface area contributed by atoms with Crippen molar-refractivity contribution in [2.24, 2.45) is 0 Å². The molecule has 10 nitrogen and oxygen atoms in total. The quantitative estimate of drug-likeness (QED) is 0.142. The van der Waals surface area contributed by atoms with E-state index < -0.39 is 10.0 Å². The number of aryl methyl sites for hydroxylation is 1. The number of sulfonamides is 1. The number of nitrogens with zero attached hydrogens (tertiary/aromatic N) is 2. The summed E-state index contributed by atoms with van der Waals surface area (Å²) in [4.78, 5) is 12.1. The van der Waals surface area contributed by atoms with Gasteiger partial charge in [0.05, 0.1) is 18.1 Å². The van der Waals surface area contributed by atoms with E-state index in [0.29, 0.717) is 59.3 Å². The number of carbonyl (C=O) groups is 1. The fourth-order valence-corrected chi connectivity index (χ4v) is 6.39. The third kappa shape index (κ3) is 7.27. The van der Waals surface area contributed by atoms with Gasteiger partial charge in [-0.25, -0.2) is 13.1 Å². The van der Waals surface area contributed by atoms with Crippen LogP contribution in [0.3, 0.4) is 0 Å². The first-order chi connectivity index (χ1) is 22.2. The van der Waals surface area contributed by atoms with Crippen molar-refractivity contribution in [3.05, 3.63) is 102 Å². The molecule has 46 heavy (non-hydrogen) atoms. The van der Waals surface area contributed by atoms with Crippen molar-refractivity contribution >= 4 is 38.2 Å². The Morgan fingerprint density at radius 1 is 0.826 bits per heavy atom. The fourth-order valence-electron chi connectivity index (χ4n) is 5.09. The van der Waals surface area contributed by atoms with Gasteiger partial charge >= 0.3 is 0 Å². The minimum atomic E-state index is -3.84. The van der Waals surface area contributed by atoms with Crippen molar-refractivity contribution in [3.8, 4) is 22.8 Å². The van der Waals surface area contributed by atoms with Crippen LogP contribution in [0.15, 0.2) is 89.8 Å². The second kappa shape index (κ2) is 14.4. The summed E-state index contributed by atoms with van der Waals surface area (Å²) in [5.41, 5.74) is 4.03. The molecule has 0 saturated carbocycles. The minimum Gasteiger partial charge on any atom is -0.490 e. The Kier molecular flexibility index (Phi) is 10.1. The zero-order chi connectivity index (χ0) is 32.7. The van der Waals surface area contributed by atoms with Crippen LogP contribution in [-0.2, 0) is 16.4 Å². The molecule has 0 spiro atoms. The van der Waals surface area contributed by atoms with E-state index in [1.54, 1.807) is 50.4 Å². The maximum atomic E-state index is 13.5. The van der Waals surface area contributed by atoms with Crippen LogP contribution < -0.4 is 24.8 Å². The van der Waals surface area contributed by atoms with E-state index in [0.717, 1.165) is 22.0 Å². The van der Waals surface area contributed by atoms with Crippen molar-refractivity contribution in [2.75, 3.05) is 32.1 Å². The first-order valence-electron chi connectivity index (χ1n) is 15.1. The molecule has 0 atom stereocenters. The van der Waals surface area contributed by atoms with Gasteiger partial charge in [-0.05, 0) is 80.8 Å². The largest absolute Gasteiger partial charge is 0.490 e. The summed E-state index contributed by atoms with van der Waals surface area (Å²) in [6.45, 7) is 6.82. The van der Waals surface area contributed by atoms with Crippen molar-refractivity contribution in [2.45, 2.75) is 32.1 Å². The molecule has 0 saturated heterocycles. The molecular weight excluding hydrogens is 602 g/mol. The Labute approximate surface area is 269 Å². The molecule has 3 N–H and O–H groups in total. The molecule has 11 heteroatoms. The fraction of sp³-hybridized carbons (Fsp3) is 0.229. The molecule has 1 amide bonds. The van der Waals surface area contributed by atoms with Crippen molar-refractivity contribution in [1.29, 1.82) is 0 Å². The summed E-state index contributed by atoms with van der Waals surface area (Å²) in [5.74, 6) is 1.67. The average Bonchev–Trinajstić information content (AvgIpc) is 3.06. The van der Waals surface area contributed by atoms with E-state index in [1.807, 2.05) is 62.4 Å². The highest BCUT2D eigenvalue weighted by atomic mass is 32.2. The van der Waals surface area contributed by atoms with Crippen LogP contribution in [0, 0.1) is 6.92 Å². The lowest BCUT2D eigenvalue weighted by Crippen LogP contribution is -2.26. The lowest BCUT2D eigenvalue weighted by Gasteiger charge is -2.14. The molecule has 238 valence electrons. The van der Waals surface area contributed by atoms with E-state index >= 15 is 0 Å². The highest BCUT2D eigenvalue weighted by Crippen LogP contribution is 2.33. The molecule has 0 aliphatic carbocycles. The Hall–Kier alpha value is -5.00. The first kappa shape index (κ1) is 32.4. The topological polar surface area (TPSA) is 132 Å². The molecule has 0 aliphatic heterocycles. The van der Waals surface area contributed by atoms with Crippen LogP contribution in [0.4, 0.5) is 11.5 Å². The lowest BCUT2D eigenvalue weighted by molar-refractivity contribution is 0.0963. The maximum absolute atomic E-state index is 13.5. The molecule has 0 radical (unpaired) electrons.